The maximum atomic E-state index is 12.3. The van der Waals surface area contributed by atoms with Crippen LogP contribution < -0.4 is 16.4 Å². The predicted molar refractivity (Wildman–Crippen MR) is 89.5 cm³/mol. The third kappa shape index (κ3) is 6.12. The summed E-state index contributed by atoms with van der Waals surface area (Å²) in [5.74, 6) is -2.40. The van der Waals surface area contributed by atoms with Gasteiger partial charge < -0.3 is 26.5 Å². The van der Waals surface area contributed by atoms with Crippen molar-refractivity contribution in [3.05, 3.63) is 18.2 Å². The van der Waals surface area contributed by atoms with E-state index < -0.39 is 35.9 Å². The number of nitrogens with one attached hydrogen (secondary N) is 3. The van der Waals surface area contributed by atoms with Crippen LogP contribution in [0, 0.1) is 0 Å². The van der Waals surface area contributed by atoms with Crippen molar-refractivity contribution in [3.63, 3.8) is 0 Å². The molecule has 0 aromatic carbocycles. The standard InChI is InChI=1S/C12H19N5O4S2/c13-7(3-22)10(18)16-8(1-6-2-14-5-15-6)11(19)17-9(4-23)12(20)21/h2,5,7-9,22-23H,1,3-4,13H2,(H,14,15)(H,16,18)(H,17,19)(H,20,21). The number of hydrogen-bond donors (Lipinski definition) is 7. The number of carbonyl (C=O) groups is 3. The summed E-state index contributed by atoms with van der Waals surface area (Å²) in [5, 5.41) is 13.8. The molecule has 1 aromatic heterocycles. The zero-order valence-electron chi connectivity index (χ0n) is 12.1. The number of carbonyl (C=O) groups excluding carboxylic acids is 2. The van der Waals surface area contributed by atoms with Gasteiger partial charge in [0, 0.05) is 29.8 Å². The first-order chi connectivity index (χ1) is 10.9. The molecule has 0 radical (unpaired) electrons. The number of aromatic amines is 1. The fourth-order valence-electron chi connectivity index (χ4n) is 1.64. The van der Waals surface area contributed by atoms with Crippen molar-refractivity contribution >= 4 is 43.0 Å². The van der Waals surface area contributed by atoms with Gasteiger partial charge in [0.05, 0.1) is 12.4 Å². The van der Waals surface area contributed by atoms with Crippen molar-refractivity contribution in [2.75, 3.05) is 11.5 Å². The fourth-order valence-corrected chi connectivity index (χ4v) is 2.06. The highest BCUT2D eigenvalue weighted by Crippen LogP contribution is 2.01. The van der Waals surface area contributed by atoms with Crippen molar-refractivity contribution in [1.29, 1.82) is 0 Å². The lowest BCUT2D eigenvalue weighted by Crippen LogP contribution is -2.55. The summed E-state index contributed by atoms with van der Waals surface area (Å²) in [5.41, 5.74) is 6.17. The lowest BCUT2D eigenvalue weighted by molar-refractivity contribution is -0.141. The smallest absolute Gasteiger partial charge is 0.327 e. The van der Waals surface area contributed by atoms with Gasteiger partial charge in [0.15, 0.2) is 0 Å². The number of nitrogens with two attached hydrogens (primary N) is 1. The maximum Gasteiger partial charge on any atom is 0.327 e. The van der Waals surface area contributed by atoms with Gasteiger partial charge in [-0.05, 0) is 0 Å². The molecule has 2 amide bonds. The van der Waals surface area contributed by atoms with Gasteiger partial charge in [-0.3, -0.25) is 9.59 Å². The Labute approximate surface area is 143 Å². The van der Waals surface area contributed by atoms with Crippen molar-refractivity contribution in [2.45, 2.75) is 24.5 Å². The van der Waals surface area contributed by atoms with Gasteiger partial charge >= 0.3 is 5.97 Å². The molecule has 128 valence electrons. The topological polar surface area (TPSA) is 150 Å². The normalized spacial score (nSPS) is 14.6. The first-order valence-corrected chi connectivity index (χ1v) is 7.93. The van der Waals surface area contributed by atoms with Gasteiger partial charge in [-0.15, -0.1) is 0 Å². The number of nitrogens with zero attached hydrogens (tertiary/aromatic N) is 1. The second kappa shape index (κ2) is 9.43. The number of carboxylic acid groups (broad SMARTS) is 1. The van der Waals surface area contributed by atoms with E-state index >= 15 is 0 Å². The van der Waals surface area contributed by atoms with E-state index in [9.17, 15) is 14.4 Å². The summed E-state index contributed by atoms with van der Waals surface area (Å²) < 4.78 is 0. The highest BCUT2D eigenvalue weighted by atomic mass is 32.1. The molecule has 0 fully saturated rings. The molecule has 0 saturated heterocycles. The summed E-state index contributed by atoms with van der Waals surface area (Å²) in [6.07, 6.45) is 3.04. The average Bonchev–Trinajstić information content (AvgIpc) is 3.03. The van der Waals surface area contributed by atoms with Gasteiger partial charge in [0.2, 0.25) is 11.8 Å². The Hall–Kier alpha value is -1.72. The Kier molecular flexibility index (Phi) is 7.92. The molecule has 6 N–H and O–H groups in total. The van der Waals surface area contributed by atoms with E-state index in [0.717, 1.165) is 0 Å². The molecule has 0 aliphatic carbocycles. The van der Waals surface area contributed by atoms with Crippen molar-refractivity contribution in [1.82, 2.24) is 20.6 Å². The first-order valence-electron chi connectivity index (χ1n) is 6.67. The molecule has 1 rings (SSSR count). The Bertz CT molecular complexity index is 540. The Morgan fingerprint density at radius 2 is 1.87 bits per heavy atom. The first kappa shape index (κ1) is 19.3. The minimum Gasteiger partial charge on any atom is -0.480 e. The van der Waals surface area contributed by atoms with E-state index in [2.05, 4.69) is 45.9 Å². The third-order valence-corrected chi connectivity index (χ3v) is 3.70. The van der Waals surface area contributed by atoms with Gasteiger partial charge in [-0.25, -0.2) is 9.78 Å². The van der Waals surface area contributed by atoms with Crippen LogP contribution in [0.1, 0.15) is 5.69 Å². The molecule has 1 aromatic rings. The molecule has 11 heteroatoms. The molecule has 0 saturated carbocycles. The second-order valence-electron chi connectivity index (χ2n) is 4.71. The fraction of sp³-hybridized carbons (Fsp3) is 0.500. The quantitative estimate of drug-likeness (QED) is 0.258. The number of hydrogen-bond acceptors (Lipinski definition) is 7. The SMILES string of the molecule is NC(CS)C(=O)NC(Cc1cnc[nH]1)C(=O)NC(CS)C(=O)O. The van der Waals surface area contributed by atoms with Gasteiger partial charge in [0.25, 0.3) is 0 Å². The zero-order chi connectivity index (χ0) is 17.4. The number of carboxylic acids is 1. The summed E-state index contributed by atoms with van der Waals surface area (Å²) in [6, 6.07) is -3.04. The summed E-state index contributed by atoms with van der Waals surface area (Å²) >= 11 is 7.80. The molecular formula is C12H19N5O4S2. The van der Waals surface area contributed by atoms with E-state index in [1.807, 2.05) is 0 Å². The van der Waals surface area contributed by atoms with Gasteiger partial charge in [-0.1, -0.05) is 0 Å². The number of aromatic nitrogens is 2. The largest absolute Gasteiger partial charge is 0.480 e. The molecule has 9 nitrogen and oxygen atoms in total. The maximum absolute atomic E-state index is 12.3. The third-order valence-electron chi connectivity index (χ3n) is 2.94. The van der Waals surface area contributed by atoms with Crippen LogP contribution >= 0.6 is 25.3 Å². The Balaban J connectivity index is 2.82. The minimum absolute atomic E-state index is 0.0814. The molecule has 0 aliphatic rings. The highest BCUT2D eigenvalue weighted by Gasteiger charge is 2.27. The Morgan fingerprint density at radius 3 is 2.35 bits per heavy atom. The van der Waals surface area contributed by atoms with Crippen molar-refractivity contribution < 1.29 is 19.5 Å². The van der Waals surface area contributed by atoms with E-state index in [-0.39, 0.29) is 17.9 Å². The van der Waals surface area contributed by atoms with Crippen LogP contribution in [0.3, 0.4) is 0 Å². The minimum atomic E-state index is -1.22. The van der Waals surface area contributed by atoms with Crippen LogP contribution in [-0.2, 0) is 20.8 Å². The van der Waals surface area contributed by atoms with Crippen molar-refractivity contribution in [3.8, 4) is 0 Å². The van der Waals surface area contributed by atoms with Crippen LogP contribution in [0.25, 0.3) is 0 Å². The van der Waals surface area contributed by atoms with Crippen LogP contribution in [0.2, 0.25) is 0 Å². The summed E-state index contributed by atoms with van der Waals surface area (Å²) in [4.78, 5) is 41.8. The number of thiol groups is 2. The van der Waals surface area contributed by atoms with Crippen LogP contribution in [0.5, 0.6) is 0 Å². The van der Waals surface area contributed by atoms with Gasteiger partial charge in [-0.2, -0.15) is 25.3 Å². The van der Waals surface area contributed by atoms with E-state index in [0.29, 0.717) is 5.69 Å². The van der Waals surface area contributed by atoms with E-state index in [4.69, 9.17) is 10.8 Å². The molecule has 0 spiro atoms. The van der Waals surface area contributed by atoms with E-state index in [1.165, 1.54) is 12.5 Å². The number of amides is 2. The number of H-pyrrole nitrogens is 1. The lowest BCUT2D eigenvalue weighted by Gasteiger charge is -2.21. The molecule has 3 atom stereocenters. The zero-order valence-corrected chi connectivity index (χ0v) is 13.9. The van der Waals surface area contributed by atoms with Gasteiger partial charge in [0.1, 0.15) is 12.1 Å². The highest BCUT2D eigenvalue weighted by molar-refractivity contribution is 7.80. The van der Waals surface area contributed by atoms with Crippen LogP contribution in [0.4, 0.5) is 0 Å². The summed E-state index contributed by atoms with van der Waals surface area (Å²) in [7, 11) is 0. The predicted octanol–water partition coefficient (Wildman–Crippen LogP) is -1.81. The molecule has 23 heavy (non-hydrogen) atoms. The average molecular weight is 361 g/mol. The number of imidazole rings is 1. The monoisotopic (exact) mass is 361 g/mol. The van der Waals surface area contributed by atoms with Crippen LogP contribution in [-0.4, -0.2) is 62.5 Å². The molecule has 0 aliphatic heterocycles. The van der Waals surface area contributed by atoms with E-state index in [1.54, 1.807) is 0 Å². The lowest BCUT2D eigenvalue weighted by atomic mass is 10.1. The van der Waals surface area contributed by atoms with Crippen LogP contribution in [0.15, 0.2) is 12.5 Å². The summed E-state index contributed by atoms with van der Waals surface area (Å²) in [6.45, 7) is 0. The second-order valence-corrected chi connectivity index (χ2v) is 5.44. The number of aliphatic carboxylic acids is 1. The molecule has 1 heterocycles. The number of rotatable bonds is 9. The molecule has 0 bridgehead atoms. The molecular weight excluding hydrogens is 342 g/mol. The Morgan fingerprint density at radius 1 is 1.22 bits per heavy atom. The molecule has 3 unspecified atom stereocenters. The van der Waals surface area contributed by atoms with Crippen molar-refractivity contribution in [2.24, 2.45) is 5.73 Å².